The van der Waals surface area contributed by atoms with Crippen LogP contribution in [0.1, 0.15) is 45.7 Å². The van der Waals surface area contributed by atoms with Gasteiger partial charge in [-0.1, -0.05) is 12.1 Å². The number of carbonyl (C=O) groups is 3. The number of anilines is 1. The van der Waals surface area contributed by atoms with Crippen molar-refractivity contribution in [2.45, 2.75) is 51.8 Å². The zero-order chi connectivity index (χ0) is 27.6. The lowest BCUT2D eigenvalue weighted by atomic mass is 10.0. The number of alkyl carbamates (subject to hydrolysis) is 1. The van der Waals surface area contributed by atoms with Gasteiger partial charge in [-0.05, 0) is 88.1 Å². The molecule has 2 aromatic rings. The van der Waals surface area contributed by atoms with Gasteiger partial charge in [0.25, 0.3) is 5.91 Å². The molecule has 0 aliphatic heterocycles. The molecular formula is C27H37N3O6S. The Kier molecular flexibility index (Phi) is 11.1. The second-order valence-electron chi connectivity index (χ2n) is 9.32. The third-order valence-corrected chi connectivity index (χ3v) is 5.99. The summed E-state index contributed by atoms with van der Waals surface area (Å²) < 4.78 is 10.5. The summed E-state index contributed by atoms with van der Waals surface area (Å²) >= 11 is 1.54. The lowest BCUT2D eigenvalue weighted by molar-refractivity contribution is -0.140. The molecular weight excluding hydrogens is 494 g/mol. The number of nitrogens with zero attached hydrogens (tertiary/aromatic N) is 1. The summed E-state index contributed by atoms with van der Waals surface area (Å²) in [5, 5.41) is 15.3. The first kappa shape index (κ1) is 29.8. The molecule has 202 valence electrons. The SMILES string of the molecule is CCN(C(=O)C(CCSC)NC(=O)OC(C)(C)C)C(C(=O)Nc1ccc(OC)cc1)c1ccc(O)cc1. The van der Waals surface area contributed by atoms with Gasteiger partial charge in [-0.15, -0.1) is 0 Å². The van der Waals surface area contributed by atoms with Crippen molar-refractivity contribution in [1.82, 2.24) is 10.2 Å². The quantitative estimate of drug-likeness (QED) is 0.389. The maximum absolute atomic E-state index is 13.8. The third-order valence-electron chi connectivity index (χ3n) is 5.35. The van der Waals surface area contributed by atoms with Gasteiger partial charge in [-0.25, -0.2) is 4.79 Å². The van der Waals surface area contributed by atoms with Crippen LogP contribution in [0.25, 0.3) is 0 Å². The molecule has 3 amide bonds. The minimum Gasteiger partial charge on any atom is -0.508 e. The Labute approximate surface area is 222 Å². The van der Waals surface area contributed by atoms with Crippen molar-refractivity contribution < 1.29 is 29.0 Å². The molecule has 0 fully saturated rings. The number of hydrogen-bond donors (Lipinski definition) is 3. The molecule has 0 aliphatic rings. The van der Waals surface area contributed by atoms with Crippen molar-refractivity contribution >= 4 is 35.4 Å². The molecule has 0 aromatic heterocycles. The van der Waals surface area contributed by atoms with E-state index in [1.165, 1.54) is 17.0 Å². The Balaban J connectivity index is 2.40. The first-order valence-corrected chi connectivity index (χ1v) is 13.4. The summed E-state index contributed by atoms with van der Waals surface area (Å²) in [6.45, 7) is 7.20. The van der Waals surface area contributed by atoms with Gasteiger partial charge in [0.05, 0.1) is 7.11 Å². The molecule has 10 heteroatoms. The Morgan fingerprint density at radius 1 is 1.05 bits per heavy atom. The number of amides is 3. The average Bonchev–Trinajstić information content (AvgIpc) is 2.84. The Bertz CT molecular complexity index is 1040. The largest absolute Gasteiger partial charge is 0.508 e. The number of ether oxygens (including phenoxy) is 2. The third kappa shape index (κ3) is 9.20. The Morgan fingerprint density at radius 2 is 1.68 bits per heavy atom. The fraction of sp³-hybridized carbons (Fsp3) is 0.444. The molecule has 3 N–H and O–H groups in total. The number of hydrogen-bond acceptors (Lipinski definition) is 7. The van der Waals surface area contributed by atoms with Crippen molar-refractivity contribution in [1.29, 1.82) is 0 Å². The van der Waals surface area contributed by atoms with Crippen molar-refractivity contribution in [3.63, 3.8) is 0 Å². The summed E-state index contributed by atoms with van der Waals surface area (Å²) in [6, 6.07) is 11.1. The Hall–Kier alpha value is -3.40. The molecule has 2 aromatic carbocycles. The molecule has 0 spiro atoms. The maximum atomic E-state index is 13.8. The second kappa shape index (κ2) is 13.8. The normalized spacial score (nSPS) is 12.7. The van der Waals surface area contributed by atoms with Crippen molar-refractivity contribution in [3.8, 4) is 11.5 Å². The van der Waals surface area contributed by atoms with Crippen LogP contribution in [0.5, 0.6) is 11.5 Å². The highest BCUT2D eigenvalue weighted by Crippen LogP contribution is 2.27. The number of aromatic hydroxyl groups is 1. The highest BCUT2D eigenvalue weighted by Gasteiger charge is 2.35. The van der Waals surface area contributed by atoms with Gasteiger partial charge in [0.2, 0.25) is 5.91 Å². The van der Waals surface area contributed by atoms with E-state index in [2.05, 4.69) is 10.6 Å². The van der Waals surface area contributed by atoms with Crippen molar-refractivity contribution in [2.24, 2.45) is 0 Å². The van der Waals surface area contributed by atoms with Gasteiger partial charge in [0.1, 0.15) is 29.2 Å². The first-order chi connectivity index (χ1) is 17.5. The van der Waals surface area contributed by atoms with Crippen LogP contribution in [0.2, 0.25) is 0 Å². The number of carbonyl (C=O) groups excluding carboxylic acids is 3. The van der Waals surface area contributed by atoms with E-state index in [0.29, 0.717) is 29.2 Å². The van der Waals surface area contributed by atoms with Crippen LogP contribution in [-0.4, -0.2) is 65.2 Å². The number of methoxy groups -OCH3 is 1. The molecule has 0 radical (unpaired) electrons. The fourth-order valence-electron chi connectivity index (χ4n) is 3.62. The van der Waals surface area contributed by atoms with E-state index in [1.807, 2.05) is 6.26 Å². The van der Waals surface area contributed by atoms with Gasteiger partial charge in [-0.3, -0.25) is 9.59 Å². The van der Waals surface area contributed by atoms with Crippen molar-refractivity contribution in [2.75, 3.05) is 31.0 Å². The summed E-state index contributed by atoms with van der Waals surface area (Å²) in [6.07, 6.45) is 1.57. The number of benzene rings is 2. The zero-order valence-electron chi connectivity index (χ0n) is 22.2. The highest BCUT2D eigenvalue weighted by molar-refractivity contribution is 7.98. The van der Waals surface area contributed by atoms with Crippen LogP contribution < -0.4 is 15.4 Å². The van der Waals surface area contributed by atoms with Crippen LogP contribution in [0.15, 0.2) is 48.5 Å². The van der Waals surface area contributed by atoms with E-state index in [9.17, 15) is 19.5 Å². The van der Waals surface area contributed by atoms with Crippen LogP contribution >= 0.6 is 11.8 Å². The van der Waals surface area contributed by atoms with E-state index in [1.54, 1.807) is 83.0 Å². The predicted molar refractivity (Wildman–Crippen MR) is 146 cm³/mol. The van der Waals surface area contributed by atoms with Gasteiger partial charge >= 0.3 is 6.09 Å². The molecule has 2 unspecified atom stereocenters. The molecule has 0 saturated carbocycles. The molecule has 0 bridgehead atoms. The standard InChI is InChI=1S/C27H37N3O6S/c1-7-30(25(33)22(16-17-37-6)29-26(34)36-27(2,3)4)23(18-8-12-20(31)13-9-18)24(32)28-19-10-14-21(35-5)15-11-19/h8-15,22-23,31H,7,16-17H2,1-6H3,(H,28,32)(H,29,34). The first-order valence-electron chi connectivity index (χ1n) is 12.0. The maximum Gasteiger partial charge on any atom is 0.408 e. The number of phenols is 1. The van der Waals surface area contributed by atoms with Crippen LogP contribution in [0.4, 0.5) is 10.5 Å². The van der Waals surface area contributed by atoms with E-state index in [4.69, 9.17) is 9.47 Å². The minimum absolute atomic E-state index is 0.0388. The van der Waals surface area contributed by atoms with E-state index in [-0.39, 0.29) is 12.3 Å². The Morgan fingerprint density at radius 3 is 2.19 bits per heavy atom. The summed E-state index contributed by atoms with van der Waals surface area (Å²) in [5.41, 5.74) is 0.317. The van der Waals surface area contributed by atoms with Gasteiger partial charge in [0, 0.05) is 12.2 Å². The van der Waals surface area contributed by atoms with Crippen LogP contribution in [0, 0.1) is 0 Å². The smallest absolute Gasteiger partial charge is 0.408 e. The van der Waals surface area contributed by atoms with Crippen LogP contribution in [0.3, 0.4) is 0 Å². The number of thioether (sulfide) groups is 1. The van der Waals surface area contributed by atoms with E-state index >= 15 is 0 Å². The molecule has 0 aliphatic carbocycles. The van der Waals surface area contributed by atoms with E-state index in [0.717, 1.165) is 0 Å². The number of nitrogens with one attached hydrogen (secondary N) is 2. The molecule has 0 saturated heterocycles. The second-order valence-corrected chi connectivity index (χ2v) is 10.3. The fourth-order valence-corrected chi connectivity index (χ4v) is 4.09. The molecule has 2 atom stereocenters. The topological polar surface area (TPSA) is 117 Å². The lowest BCUT2D eigenvalue weighted by Gasteiger charge is -2.33. The number of rotatable bonds is 11. The number of likely N-dealkylation sites (N-methyl/N-ethyl adjacent to an activating group) is 1. The number of phenolic OH excluding ortho intramolecular Hbond substituents is 1. The summed E-state index contributed by atoms with van der Waals surface area (Å²) in [7, 11) is 1.55. The van der Waals surface area contributed by atoms with E-state index < -0.39 is 35.6 Å². The lowest BCUT2D eigenvalue weighted by Crippen LogP contribution is -2.52. The molecule has 2 rings (SSSR count). The van der Waals surface area contributed by atoms with Crippen molar-refractivity contribution in [3.05, 3.63) is 54.1 Å². The zero-order valence-corrected chi connectivity index (χ0v) is 23.1. The minimum atomic E-state index is -1.02. The molecule has 9 nitrogen and oxygen atoms in total. The van der Waals surface area contributed by atoms with Gasteiger partial charge < -0.3 is 30.1 Å². The molecule has 37 heavy (non-hydrogen) atoms. The summed E-state index contributed by atoms with van der Waals surface area (Å²) in [4.78, 5) is 41.3. The molecule has 0 heterocycles. The van der Waals surface area contributed by atoms with Crippen LogP contribution in [-0.2, 0) is 14.3 Å². The predicted octanol–water partition coefficient (Wildman–Crippen LogP) is 4.58. The summed E-state index contributed by atoms with van der Waals surface area (Å²) in [5.74, 6) is 0.448. The van der Waals surface area contributed by atoms with Gasteiger partial charge in [-0.2, -0.15) is 11.8 Å². The van der Waals surface area contributed by atoms with Gasteiger partial charge in [0.15, 0.2) is 0 Å². The average molecular weight is 532 g/mol. The monoisotopic (exact) mass is 531 g/mol. The highest BCUT2D eigenvalue weighted by atomic mass is 32.2.